The number of carbonyl (C=O) groups excluding carboxylic acids is 1. The number of hydrogen-bond acceptors (Lipinski definition) is 5. The zero-order valence-corrected chi connectivity index (χ0v) is 8.73. The Hall–Kier alpha value is -1.91. The van der Waals surface area contributed by atoms with Crippen LogP contribution in [0.25, 0.3) is 0 Å². The number of rotatable bonds is 4. The maximum atomic E-state index is 11.1. The molecule has 1 N–H and O–H groups in total. The van der Waals surface area contributed by atoms with E-state index in [1.54, 1.807) is 12.1 Å². The van der Waals surface area contributed by atoms with Crippen molar-refractivity contribution in [3.05, 3.63) is 30.7 Å². The van der Waals surface area contributed by atoms with E-state index in [9.17, 15) is 4.79 Å². The van der Waals surface area contributed by atoms with Crippen LogP contribution in [-0.2, 0) is 4.74 Å². The van der Waals surface area contributed by atoms with E-state index >= 15 is 0 Å². The van der Waals surface area contributed by atoms with Crippen molar-refractivity contribution in [1.29, 1.82) is 0 Å². The first kappa shape index (κ1) is 11.2. The van der Waals surface area contributed by atoms with E-state index in [0.29, 0.717) is 5.82 Å². The van der Waals surface area contributed by atoms with Gasteiger partial charge in [-0.25, -0.2) is 14.8 Å². The average Bonchev–Trinajstić information content (AvgIpc) is 2.28. The molecule has 80 valence electrons. The Bertz CT molecular complexity index is 365. The van der Waals surface area contributed by atoms with Gasteiger partial charge in [-0.15, -0.1) is 6.58 Å². The molecule has 0 bridgehead atoms. The fraction of sp³-hybridized carbons (Fsp3) is 0.300. The van der Waals surface area contributed by atoms with Gasteiger partial charge in [0.15, 0.2) is 0 Å². The lowest BCUT2D eigenvalue weighted by Crippen LogP contribution is -2.15. The Morgan fingerprint density at radius 2 is 2.47 bits per heavy atom. The van der Waals surface area contributed by atoms with Crippen molar-refractivity contribution in [1.82, 2.24) is 9.97 Å². The number of nitrogens with zero attached hydrogens (tertiary/aromatic N) is 2. The van der Waals surface area contributed by atoms with Gasteiger partial charge in [0.05, 0.1) is 7.11 Å². The molecule has 5 heteroatoms. The number of ether oxygens (including phenoxy) is 1. The van der Waals surface area contributed by atoms with Crippen LogP contribution in [0.4, 0.5) is 5.82 Å². The SMILES string of the molecule is C=CC(C)Nc1ccnc(C(=O)OC)n1. The van der Waals surface area contributed by atoms with E-state index in [1.165, 1.54) is 13.3 Å². The van der Waals surface area contributed by atoms with E-state index in [0.717, 1.165) is 0 Å². The Labute approximate surface area is 88.2 Å². The number of hydrogen-bond donors (Lipinski definition) is 1. The fourth-order valence-corrected chi connectivity index (χ4v) is 0.921. The number of carbonyl (C=O) groups is 1. The van der Waals surface area contributed by atoms with Crippen molar-refractivity contribution < 1.29 is 9.53 Å². The predicted octanol–water partition coefficient (Wildman–Crippen LogP) is 1.25. The first-order valence-corrected chi connectivity index (χ1v) is 4.48. The fourth-order valence-electron chi connectivity index (χ4n) is 0.921. The van der Waals surface area contributed by atoms with Crippen LogP contribution in [0.15, 0.2) is 24.9 Å². The van der Waals surface area contributed by atoms with Crippen molar-refractivity contribution >= 4 is 11.8 Å². The number of nitrogens with one attached hydrogen (secondary N) is 1. The largest absolute Gasteiger partial charge is 0.463 e. The van der Waals surface area contributed by atoms with Crippen molar-refractivity contribution in [2.75, 3.05) is 12.4 Å². The van der Waals surface area contributed by atoms with Crippen LogP contribution in [0.5, 0.6) is 0 Å². The Morgan fingerprint density at radius 1 is 1.73 bits per heavy atom. The third-order valence-corrected chi connectivity index (χ3v) is 1.75. The van der Waals surface area contributed by atoms with E-state index in [-0.39, 0.29) is 11.9 Å². The Kier molecular flexibility index (Phi) is 3.79. The van der Waals surface area contributed by atoms with Gasteiger partial charge in [0.2, 0.25) is 5.82 Å². The molecule has 0 fully saturated rings. The lowest BCUT2D eigenvalue weighted by molar-refractivity contribution is 0.0587. The molecule has 15 heavy (non-hydrogen) atoms. The van der Waals surface area contributed by atoms with Crippen molar-refractivity contribution in [2.24, 2.45) is 0 Å². The summed E-state index contributed by atoms with van der Waals surface area (Å²) in [5.41, 5.74) is 0. The van der Waals surface area contributed by atoms with Gasteiger partial charge in [-0.05, 0) is 13.0 Å². The Morgan fingerprint density at radius 3 is 3.07 bits per heavy atom. The predicted molar refractivity (Wildman–Crippen MR) is 56.7 cm³/mol. The summed E-state index contributed by atoms with van der Waals surface area (Å²) < 4.78 is 4.51. The van der Waals surface area contributed by atoms with E-state index < -0.39 is 5.97 Å². The summed E-state index contributed by atoms with van der Waals surface area (Å²) in [6, 6.07) is 1.75. The highest BCUT2D eigenvalue weighted by atomic mass is 16.5. The van der Waals surface area contributed by atoms with Gasteiger partial charge in [-0.1, -0.05) is 6.08 Å². The highest BCUT2D eigenvalue weighted by molar-refractivity contribution is 5.85. The van der Waals surface area contributed by atoms with Gasteiger partial charge in [0.1, 0.15) is 5.82 Å². The summed E-state index contributed by atoms with van der Waals surface area (Å²) in [6.07, 6.45) is 3.23. The molecule has 0 amide bonds. The second kappa shape index (κ2) is 5.09. The van der Waals surface area contributed by atoms with E-state index in [2.05, 4.69) is 26.6 Å². The number of aromatic nitrogens is 2. The maximum Gasteiger partial charge on any atom is 0.376 e. The van der Waals surface area contributed by atoms with Crippen molar-refractivity contribution in [3.8, 4) is 0 Å². The maximum absolute atomic E-state index is 11.1. The minimum absolute atomic E-state index is 0.0405. The quantitative estimate of drug-likeness (QED) is 0.594. The third-order valence-electron chi connectivity index (χ3n) is 1.75. The van der Waals surface area contributed by atoms with Gasteiger partial charge in [0, 0.05) is 12.2 Å². The molecule has 1 unspecified atom stereocenters. The summed E-state index contributed by atoms with van der Waals surface area (Å²) in [7, 11) is 1.29. The van der Waals surface area contributed by atoms with Crippen molar-refractivity contribution in [3.63, 3.8) is 0 Å². The molecule has 0 aliphatic heterocycles. The average molecular weight is 207 g/mol. The molecule has 1 rings (SSSR count). The van der Waals surface area contributed by atoms with Crippen LogP contribution in [0.1, 0.15) is 17.5 Å². The van der Waals surface area contributed by atoms with Crippen LogP contribution in [0.2, 0.25) is 0 Å². The molecule has 0 saturated carbocycles. The molecule has 0 radical (unpaired) electrons. The minimum atomic E-state index is -0.551. The van der Waals surface area contributed by atoms with E-state index in [4.69, 9.17) is 0 Å². The summed E-state index contributed by atoms with van der Waals surface area (Å²) in [5, 5.41) is 3.03. The lowest BCUT2D eigenvalue weighted by Gasteiger charge is -2.09. The molecule has 1 aromatic rings. The van der Waals surface area contributed by atoms with Gasteiger partial charge < -0.3 is 10.1 Å². The molecule has 1 aromatic heterocycles. The normalized spacial score (nSPS) is 11.6. The second-order valence-electron chi connectivity index (χ2n) is 2.93. The monoisotopic (exact) mass is 207 g/mol. The topological polar surface area (TPSA) is 64.1 Å². The van der Waals surface area contributed by atoms with Crippen LogP contribution in [-0.4, -0.2) is 29.1 Å². The summed E-state index contributed by atoms with van der Waals surface area (Å²) in [6.45, 7) is 5.56. The second-order valence-corrected chi connectivity index (χ2v) is 2.93. The molecule has 0 aliphatic carbocycles. The molecule has 5 nitrogen and oxygen atoms in total. The zero-order valence-electron chi connectivity index (χ0n) is 8.73. The first-order chi connectivity index (χ1) is 7.17. The lowest BCUT2D eigenvalue weighted by atomic mass is 10.3. The summed E-state index contributed by atoms with van der Waals surface area (Å²) >= 11 is 0. The van der Waals surface area contributed by atoms with Gasteiger partial charge in [0.25, 0.3) is 0 Å². The smallest absolute Gasteiger partial charge is 0.376 e. The molecular formula is C10H13N3O2. The molecule has 0 saturated heterocycles. The van der Waals surface area contributed by atoms with Gasteiger partial charge in [-0.3, -0.25) is 0 Å². The molecule has 0 aliphatic rings. The Balaban J connectivity index is 2.83. The van der Waals surface area contributed by atoms with E-state index in [1.807, 2.05) is 6.92 Å². The number of esters is 1. The third kappa shape index (κ3) is 3.05. The van der Waals surface area contributed by atoms with Crippen molar-refractivity contribution in [2.45, 2.75) is 13.0 Å². The molecule has 0 aromatic carbocycles. The zero-order chi connectivity index (χ0) is 11.3. The van der Waals surface area contributed by atoms with Gasteiger partial charge >= 0.3 is 5.97 Å². The molecule has 1 atom stereocenters. The molecular weight excluding hydrogens is 194 g/mol. The van der Waals surface area contributed by atoms with Crippen LogP contribution < -0.4 is 5.32 Å². The molecule has 1 heterocycles. The molecule has 0 spiro atoms. The highest BCUT2D eigenvalue weighted by Gasteiger charge is 2.09. The minimum Gasteiger partial charge on any atom is -0.463 e. The van der Waals surface area contributed by atoms with Crippen LogP contribution in [0.3, 0.4) is 0 Å². The first-order valence-electron chi connectivity index (χ1n) is 4.48. The van der Waals surface area contributed by atoms with Crippen LogP contribution >= 0.6 is 0 Å². The summed E-state index contributed by atoms with van der Waals surface area (Å²) in [5.74, 6) is 0.0569. The van der Waals surface area contributed by atoms with Crippen LogP contribution in [0, 0.1) is 0 Å². The number of methoxy groups -OCH3 is 1. The standard InChI is InChI=1S/C10H13N3O2/c1-4-7(2)12-8-5-6-11-9(13-8)10(14)15-3/h4-7H,1H2,2-3H3,(H,11,12,13). The highest BCUT2D eigenvalue weighted by Crippen LogP contribution is 2.05. The summed E-state index contributed by atoms with van der Waals surface area (Å²) in [4.78, 5) is 18.9. The van der Waals surface area contributed by atoms with Gasteiger partial charge in [-0.2, -0.15) is 0 Å². The number of anilines is 1.